The molecule has 0 aliphatic carbocycles. The van der Waals surface area contributed by atoms with Gasteiger partial charge in [-0.3, -0.25) is 4.99 Å². The topological polar surface area (TPSA) is 116 Å². The Morgan fingerprint density at radius 3 is 2.48 bits per heavy atom. The first-order valence-electron chi connectivity index (χ1n) is 6.37. The zero-order valence-electron chi connectivity index (χ0n) is 11.2. The fraction of sp³-hybridized carbons (Fsp3) is 0.357. The predicted octanol–water partition coefficient (Wildman–Crippen LogP) is -0.103. The van der Waals surface area contributed by atoms with Gasteiger partial charge in [-0.05, 0) is 12.1 Å². The maximum absolute atomic E-state index is 11.2. The lowest BCUT2D eigenvalue weighted by atomic mass is 10.0. The number of carbonyl (C=O) groups is 1. The van der Waals surface area contributed by atoms with Gasteiger partial charge >= 0.3 is 0 Å². The molecule has 1 aromatic heterocycles. The van der Waals surface area contributed by atoms with E-state index in [2.05, 4.69) is 9.98 Å². The zero-order valence-corrected chi connectivity index (χ0v) is 11.2. The van der Waals surface area contributed by atoms with E-state index in [9.17, 15) is 20.1 Å². The highest BCUT2D eigenvalue weighted by Crippen LogP contribution is 2.20. The molecule has 0 radical (unpaired) electrons. The maximum atomic E-state index is 11.2. The lowest BCUT2D eigenvalue weighted by molar-refractivity contribution is -0.108. The minimum atomic E-state index is -1.42. The molecular weight excluding hydrogens is 276 g/mol. The SMILES string of the molecule is O=C[C@@H](C=NC(CO)(CO)CO)c1nc2ccccc2o1. The molecule has 7 heteroatoms. The molecule has 0 saturated carbocycles. The van der Waals surface area contributed by atoms with Crippen molar-refractivity contribution in [1.29, 1.82) is 0 Å². The molecule has 2 aromatic rings. The van der Waals surface area contributed by atoms with Crippen molar-refractivity contribution in [3.05, 3.63) is 30.2 Å². The normalized spacial score (nSPS) is 13.9. The lowest BCUT2D eigenvalue weighted by Crippen LogP contribution is -2.40. The van der Waals surface area contributed by atoms with E-state index in [1.54, 1.807) is 24.3 Å². The number of oxazole rings is 1. The number of benzene rings is 1. The van der Waals surface area contributed by atoms with E-state index in [1.807, 2.05) is 0 Å². The number of aldehydes is 1. The number of rotatable bonds is 7. The Hall–Kier alpha value is -2.09. The molecule has 1 aromatic carbocycles. The quantitative estimate of drug-likeness (QED) is 0.484. The predicted molar refractivity (Wildman–Crippen MR) is 75.3 cm³/mol. The number of carbonyl (C=O) groups excluding carboxylic acids is 1. The highest BCUT2D eigenvalue weighted by Gasteiger charge is 2.27. The van der Waals surface area contributed by atoms with Crippen LogP contribution in [0.2, 0.25) is 0 Å². The molecule has 21 heavy (non-hydrogen) atoms. The van der Waals surface area contributed by atoms with Gasteiger partial charge in [0.2, 0.25) is 5.89 Å². The summed E-state index contributed by atoms with van der Waals surface area (Å²) in [6, 6.07) is 7.06. The number of aliphatic imine (C=N–C) groups is 1. The molecule has 0 saturated heterocycles. The second-order valence-corrected chi connectivity index (χ2v) is 4.66. The van der Waals surface area contributed by atoms with Gasteiger partial charge < -0.3 is 24.5 Å². The fourth-order valence-corrected chi connectivity index (χ4v) is 1.70. The second-order valence-electron chi connectivity index (χ2n) is 4.66. The summed E-state index contributed by atoms with van der Waals surface area (Å²) in [5, 5.41) is 27.6. The average Bonchev–Trinajstić information content (AvgIpc) is 2.96. The van der Waals surface area contributed by atoms with E-state index in [0.717, 1.165) is 0 Å². The Morgan fingerprint density at radius 2 is 1.90 bits per heavy atom. The summed E-state index contributed by atoms with van der Waals surface area (Å²) in [7, 11) is 0. The van der Waals surface area contributed by atoms with Crippen molar-refractivity contribution in [2.45, 2.75) is 11.5 Å². The number of aromatic nitrogens is 1. The zero-order chi connectivity index (χ0) is 15.3. The van der Waals surface area contributed by atoms with Crippen molar-refractivity contribution in [1.82, 2.24) is 4.98 Å². The number of hydrogen-bond donors (Lipinski definition) is 3. The van der Waals surface area contributed by atoms with Gasteiger partial charge in [-0.1, -0.05) is 12.1 Å². The Labute approximate surface area is 120 Å². The van der Waals surface area contributed by atoms with E-state index in [4.69, 9.17) is 4.42 Å². The Kier molecular flexibility index (Phi) is 4.79. The molecule has 0 aliphatic rings. The second kappa shape index (κ2) is 6.57. The maximum Gasteiger partial charge on any atom is 0.211 e. The van der Waals surface area contributed by atoms with E-state index >= 15 is 0 Å². The molecular formula is C14H16N2O5. The molecule has 2 rings (SSSR count). The summed E-state index contributed by atoms with van der Waals surface area (Å²) in [5.41, 5.74) is -0.260. The van der Waals surface area contributed by atoms with Gasteiger partial charge in [0.25, 0.3) is 0 Å². The van der Waals surface area contributed by atoms with Crippen molar-refractivity contribution in [3.8, 4) is 0 Å². The smallest absolute Gasteiger partial charge is 0.211 e. The van der Waals surface area contributed by atoms with Gasteiger partial charge in [0, 0.05) is 6.21 Å². The first kappa shape index (κ1) is 15.3. The molecule has 0 bridgehead atoms. The number of aliphatic hydroxyl groups excluding tert-OH is 3. The minimum absolute atomic E-state index is 0.165. The molecule has 0 amide bonds. The standard InChI is InChI=1S/C14H16N2O5/c17-6-10(5-15-14(7-18,8-19)9-20)13-16-11-3-1-2-4-12(11)21-13/h1-6,10,18-20H,7-9H2/t10-/m1/s1. The van der Waals surface area contributed by atoms with Crippen LogP contribution < -0.4 is 0 Å². The van der Waals surface area contributed by atoms with Gasteiger partial charge in [-0.25, -0.2) is 4.98 Å². The van der Waals surface area contributed by atoms with Crippen LogP contribution in [0.1, 0.15) is 11.8 Å². The van der Waals surface area contributed by atoms with Crippen molar-refractivity contribution < 1.29 is 24.5 Å². The molecule has 1 atom stereocenters. The summed E-state index contributed by atoms with van der Waals surface area (Å²) >= 11 is 0. The fourth-order valence-electron chi connectivity index (χ4n) is 1.70. The van der Waals surface area contributed by atoms with E-state index in [0.29, 0.717) is 17.4 Å². The summed E-state index contributed by atoms with van der Waals surface area (Å²) in [5.74, 6) is -0.695. The number of nitrogens with zero attached hydrogens (tertiary/aromatic N) is 2. The number of aliphatic hydroxyl groups is 3. The molecule has 0 unspecified atom stereocenters. The average molecular weight is 292 g/mol. The summed E-state index contributed by atoms with van der Waals surface area (Å²) < 4.78 is 5.47. The third-order valence-electron chi connectivity index (χ3n) is 3.13. The first-order chi connectivity index (χ1) is 10.2. The summed E-state index contributed by atoms with van der Waals surface area (Å²) in [6.45, 7) is -1.64. The largest absolute Gasteiger partial charge is 0.440 e. The van der Waals surface area contributed by atoms with Crippen LogP contribution in [-0.4, -0.2) is 58.2 Å². The summed E-state index contributed by atoms with van der Waals surface area (Å²) in [6.07, 6.45) is 1.80. The summed E-state index contributed by atoms with van der Waals surface area (Å²) in [4.78, 5) is 19.3. The third kappa shape index (κ3) is 3.15. The Balaban J connectivity index is 2.29. The number of hydrogen-bond acceptors (Lipinski definition) is 7. The monoisotopic (exact) mass is 292 g/mol. The van der Waals surface area contributed by atoms with Crippen molar-refractivity contribution in [3.63, 3.8) is 0 Å². The van der Waals surface area contributed by atoms with Crippen LogP contribution >= 0.6 is 0 Å². The first-order valence-corrected chi connectivity index (χ1v) is 6.37. The minimum Gasteiger partial charge on any atom is -0.440 e. The van der Waals surface area contributed by atoms with Crippen LogP contribution in [0.15, 0.2) is 33.7 Å². The van der Waals surface area contributed by atoms with Crippen LogP contribution in [0.4, 0.5) is 0 Å². The highest BCUT2D eigenvalue weighted by atomic mass is 16.3. The molecule has 0 fully saturated rings. The van der Waals surface area contributed by atoms with Gasteiger partial charge in [0.15, 0.2) is 5.58 Å². The van der Waals surface area contributed by atoms with Crippen LogP contribution in [0.5, 0.6) is 0 Å². The molecule has 1 heterocycles. The van der Waals surface area contributed by atoms with E-state index in [1.165, 1.54) is 6.21 Å². The van der Waals surface area contributed by atoms with Crippen LogP contribution in [0.3, 0.4) is 0 Å². The molecule has 3 N–H and O–H groups in total. The molecule has 112 valence electrons. The molecule has 0 spiro atoms. The van der Waals surface area contributed by atoms with E-state index in [-0.39, 0.29) is 5.89 Å². The number of fused-ring (bicyclic) bond motifs is 1. The van der Waals surface area contributed by atoms with Crippen molar-refractivity contribution in [2.24, 2.45) is 4.99 Å². The van der Waals surface area contributed by atoms with Gasteiger partial charge in [0.1, 0.15) is 23.3 Å². The van der Waals surface area contributed by atoms with Crippen LogP contribution in [0.25, 0.3) is 11.1 Å². The highest BCUT2D eigenvalue weighted by molar-refractivity contribution is 5.87. The Morgan fingerprint density at radius 1 is 1.24 bits per heavy atom. The van der Waals surface area contributed by atoms with E-state index < -0.39 is 31.3 Å². The van der Waals surface area contributed by atoms with Gasteiger partial charge in [-0.15, -0.1) is 0 Å². The van der Waals surface area contributed by atoms with Crippen molar-refractivity contribution in [2.75, 3.05) is 19.8 Å². The van der Waals surface area contributed by atoms with Crippen LogP contribution in [-0.2, 0) is 4.79 Å². The van der Waals surface area contributed by atoms with Crippen LogP contribution in [0, 0.1) is 0 Å². The molecule has 0 aliphatic heterocycles. The van der Waals surface area contributed by atoms with Crippen molar-refractivity contribution >= 4 is 23.6 Å². The lowest BCUT2D eigenvalue weighted by Gasteiger charge is -2.22. The third-order valence-corrected chi connectivity index (χ3v) is 3.13. The number of para-hydroxylation sites is 2. The van der Waals surface area contributed by atoms with Gasteiger partial charge in [0.05, 0.1) is 19.8 Å². The van der Waals surface area contributed by atoms with Gasteiger partial charge in [-0.2, -0.15) is 0 Å². The Bertz CT molecular complexity index is 592. The molecule has 7 nitrogen and oxygen atoms in total.